The fourth-order valence-electron chi connectivity index (χ4n) is 3.81. The SMILES string of the molecule is CS(=O)c1cc(F)ccc1CSc1ncc(C(C)(C)c2ccc(Cl)c(Cl)c2)n1-c1ccc(F)cc1. The standard InChI is InChI=1S/C26H22Cl2F2N2OS2/c1-26(2,17-5-11-21(27)22(28)12-17)24-14-31-25(32(24)20-9-7-18(29)8-10-20)34-15-16-4-6-19(30)13-23(16)35(3)33/h4-14H,15H2,1-3H3. The predicted molar refractivity (Wildman–Crippen MR) is 140 cm³/mol. The van der Waals surface area contributed by atoms with Gasteiger partial charge in [0, 0.05) is 28.0 Å². The van der Waals surface area contributed by atoms with E-state index in [0.717, 1.165) is 22.5 Å². The van der Waals surface area contributed by atoms with E-state index >= 15 is 0 Å². The molecule has 1 aromatic heterocycles. The molecule has 4 rings (SSSR count). The van der Waals surface area contributed by atoms with Gasteiger partial charge < -0.3 is 0 Å². The lowest BCUT2D eigenvalue weighted by Crippen LogP contribution is -2.23. The van der Waals surface area contributed by atoms with Crippen LogP contribution in [0.2, 0.25) is 10.0 Å². The van der Waals surface area contributed by atoms with Gasteiger partial charge in [-0.3, -0.25) is 8.78 Å². The Morgan fingerprint density at radius 1 is 0.971 bits per heavy atom. The van der Waals surface area contributed by atoms with E-state index in [9.17, 15) is 13.0 Å². The van der Waals surface area contributed by atoms with Crippen molar-refractivity contribution in [2.24, 2.45) is 0 Å². The van der Waals surface area contributed by atoms with Crippen LogP contribution in [-0.2, 0) is 22.0 Å². The van der Waals surface area contributed by atoms with Crippen LogP contribution in [0, 0.1) is 11.6 Å². The smallest absolute Gasteiger partial charge is 0.173 e. The summed E-state index contributed by atoms with van der Waals surface area (Å²) in [4.78, 5) is 5.13. The Bertz CT molecular complexity index is 1410. The zero-order valence-electron chi connectivity index (χ0n) is 19.2. The summed E-state index contributed by atoms with van der Waals surface area (Å²) < 4.78 is 41.6. The number of hydrogen-bond donors (Lipinski definition) is 0. The highest BCUT2D eigenvalue weighted by Crippen LogP contribution is 2.38. The predicted octanol–water partition coefficient (Wildman–Crippen LogP) is 7.81. The Labute approximate surface area is 220 Å². The molecule has 0 N–H and O–H groups in total. The van der Waals surface area contributed by atoms with Crippen LogP contribution in [0.1, 0.15) is 30.7 Å². The molecule has 1 atom stereocenters. The summed E-state index contributed by atoms with van der Waals surface area (Å²) in [5.41, 5.74) is 2.78. The van der Waals surface area contributed by atoms with E-state index in [1.807, 2.05) is 16.7 Å². The molecule has 9 heteroatoms. The highest BCUT2D eigenvalue weighted by atomic mass is 35.5. The van der Waals surface area contributed by atoms with Crippen LogP contribution < -0.4 is 0 Å². The third-order valence-corrected chi connectivity index (χ3v) is 8.53. The Kier molecular flexibility index (Phi) is 7.71. The summed E-state index contributed by atoms with van der Waals surface area (Å²) in [5.74, 6) is -0.336. The van der Waals surface area contributed by atoms with Crippen LogP contribution in [-0.4, -0.2) is 20.0 Å². The highest BCUT2D eigenvalue weighted by Gasteiger charge is 2.30. The van der Waals surface area contributed by atoms with Gasteiger partial charge in [0.15, 0.2) is 5.16 Å². The summed E-state index contributed by atoms with van der Waals surface area (Å²) in [7, 11) is -1.34. The minimum atomic E-state index is -1.34. The molecule has 182 valence electrons. The topological polar surface area (TPSA) is 34.9 Å². The van der Waals surface area contributed by atoms with Gasteiger partial charge in [-0.15, -0.1) is 0 Å². The van der Waals surface area contributed by atoms with E-state index in [2.05, 4.69) is 18.8 Å². The molecule has 0 saturated carbocycles. The van der Waals surface area contributed by atoms with E-state index < -0.39 is 22.0 Å². The number of rotatable bonds is 7. The van der Waals surface area contributed by atoms with Crippen molar-refractivity contribution in [2.45, 2.75) is 35.1 Å². The normalized spacial score (nSPS) is 12.7. The van der Waals surface area contributed by atoms with Crippen molar-refractivity contribution in [1.82, 2.24) is 9.55 Å². The number of aromatic nitrogens is 2. The second-order valence-electron chi connectivity index (χ2n) is 8.49. The molecule has 0 spiro atoms. The third-order valence-electron chi connectivity index (χ3n) is 5.79. The molecule has 3 nitrogen and oxygen atoms in total. The maximum Gasteiger partial charge on any atom is 0.173 e. The maximum absolute atomic E-state index is 13.7. The Morgan fingerprint density at radius 3 is 2.31 bits per heavy atom. The highest BCUT2D eigenvalue weighted by molar-refractivity contribution is 7.98. The van der Waals surface area contributed by atoms with Gasteiger partial charge in [0.1, 0.15) is 11.6 Å². The van der Waals surface area contributed by atoms with E-state index in [-0.39, 0.29) is 5.82 Å². The molecule has 35 heavy (non-hydrogen) atoms. The maximum atomic E-state index is 13.7. The van der Waals surface area contributed by atoms with Crippen LogP contribution in [0.3, 0.4) is 0 Å². The Hall–Kier alpha value is -2.19. The lowest BCUT2D eigenvalue weighted by atomic mass is 9.81. The van der Waals surface area contributed by atoms with Crippen molar-refractivity contribution in [3.05, 3.63) is 105 Å². The molecule has 4 aromatic rings. The first-order valence-electron chi connectivity index (χ1n) is 10.6. The van der Waals surface area contributed by atoms with Gasteiger partial charge in [-0.1, -0.05) is 60.9 Å². The van der Waals surface area contributed by atoms with Crippen molar-refractivity contribution >= 4 is 45.8 Å². The van der Waals surface area contributed by atoms with Gasteiger partial charge in [-0.2, -0.15) is 0 Å². The van der Waals surface area contributed by atoms with Gasteiger partial charge in [0.05, 0.1) is 32.7 Å². The van der Waals surface area contributed by atoms with E-state index in [4.69, 9.17) is 23.2 Å². The quantitative estimate of drug-likeness (QED) is 0.220. The molecule has 0 saturated heterocycles. The van der Waals surface area contributed by atoms with Crippen LogP contribution >= 0.6 is 35.0 Å². The molecule has 1 unspecified atom stereocenters. The molecule has 0 bridgehead atoms. The number of imidazole rings is 1. The summed E-state index contributed by atoms with van der Waals surface area (Å²) in [5, 5.41) is 1.59. The van der Waals surface area contributed by atoms with Crippen molar-refractivity contribution in [2.75, 3.05) is 6.26 Å². The first-order chi connectivity index (χ1) is 16.6. The minimum absolute atomic E-state index is 0.338. The largest absolute Gasteiger partial charge is 0.291 e. The monoisotopic (exact) mass is 550 g/mol. The molecular weight excluding hydrogens is 529 g/mol. The van der Waals surface area contributed by atoms with E-state index in [1.54, 1.807) is 30.5 Å². The summed E-state index contributed by atoms with van der Waals surface area (Å²) >= 11 is 13.9. The van der Waals surface area contributed by atoms with E-state index in [0.29, 0.717) is 25.9 Å². The average Bonchev–Trinajstić information content (AvgIpc) is 3.25. The molecule has 0 amide bonds. The van der Waals surface area contributed by atoms with Crippen molar-refractivity contribution in [3.63, 3.8) is 0 Å². The third kappa shape index (κ3) is 5.48. The number of thioether (sulfide) groups is 1. The Balaban J connectivity index is 1.79. The van der Waals surface area contributed by atoms with Crippen molar-refractivity contribution in [1.29, 1.82) is 0 Å². The van der Waals surface area contributed by atoms with E-state index in [1.165, 1.54) is 42.3 Å². The number of hydrogen-bond acceptors (Lipinski definition) is 3. The Morgan fingerprint density at radius 2 is 1.66 bits per heavy atom. The van der Waals surface area contributed by atoms with Gasteiger partial charge in [0.25, 0.3) is 0 Å². The van der Waals surface area contributed by atoms with Crippen LogP contribution in [0.15, 0.2) is 76.9 Å². The molecule has 0 radical (unpaired) electrons. The summed E-state index contributed by atoms with van der Waals surface area (Å²) in [6.07, 6.45) is 3.32. The molecule has 0 aliphatic rings. The van der Waals surface area contributed by atoms with Crippen molar-refractivity contribution in [3.8, 4) is 5.69 Å². The molecule has 0 fully saturated rings. The first-order valence-corrected chi connectivity index (χ1v) is 13.9. The van der Waals surface area contributed by atoms with Gasteiger partial charge in [-0.05, 0) is 59.7 Å². The average molecular weight is 552 g/mol. The van der Waals surface area contributed by atoms with Gasteiger partial charge in [-0.25, -0.2) is 13.8 Å². The summed E-state index contributed by atoms with van der Waals surface area (Å²) in [6.45, 7) is 4.10. The second-order valence-corrected chi connectivity index (χ2v) is 11.6. The fourth-order valence-corrected chi connectivity index (χ4v) is 5.98. The summed E-state index contributed by atoms with van der Waals surface area (Å²) in [6, 6.07) is 16.0. The van der Waals surface area contributed by atoms with Crippen LogP contribution in [0.25, 0.3) is 5.69 Å². The van der Waals surface area contributed by atoms with Crippen LogP contribution in [0.5, 0.6) is 0 Å². The van der Waals surface area contributed by atoms with Crippen molar-refractivity contribution < 1.29 is 13.0 Å². The molecule has 0 aliphatic carbocycles. The fraction of sp³-hybridized carbons (Fsp3) is 0.192. The second kappa shape index (κ2) is 10.4. The molecule has 3 aromatic carbocycles. The number of nitrogens with zero attached hydrogens (tertiary/aromatic N) is 2. The van der Waals surface area contributed by atoms with Gasteiger partial charge >= 0.3 is 0 Å². The van der Waals surface area contributed by atoms with Crippen LogP contribution in [0.4, 0.5) is 8.78 Å². The number of halogens is 4. The first kappa shape index (κ1) is 25.9. The number of benzene rings is 3. The minimum Gasteiger partial charge on any atom is -0.291 e. The van der Waals surface area contributed by atoms with Gasteiger partial charge in [0.2, 0.25) is 0 Å². The molecule has 0 aliphatic heterocycles. The lowest BCUT2D eigenvalue weighted by Gasteiger charge is -2.28. The lowest BCUT2D eigenvalue weighted by molar-refractivity contribution is 0.591. The zero-order valence-corrected chi connectivity index (χ0v) is 22.3. The zero-order chi connectivity index (χ0) is 25.3. The molecule has 1 heterocycles. The molecular formula is C26H22Cl2F2N2OS2.